The summed E-state index contributed by atoms with van der Waals surface area (Å²) in [5.41, 5.74) is 3.48. The number of hydrogen-bond acceptors (Lipinski definition) is 3. The van der Waals surface area contributed by atoms with E-state index in [0.29, 0.717) is 0 Å². The van der Waals surface area contributed by atoms with E-state index in [-0.39, 0.29) is 11.9 Å². The molecule has 1 atom stereocenters. The van der Waals surface area contributed by atoms with E-state index in [2.05, 4.69) is 28.5 Å². The van der Waals surface area contributed by atoms with Crippen molar-refractivity contribution >= 4 is 0 Å². The van der Waals surface area contributed by atoms with E-state index in [1.807, 2.05) is 6.92 Å². The fourth-order valence-electron chi connectivity index (χ4n) is 2.61. The van der Waals surface area contributed by atoms with Crippen LogP contribution in [0.3, 0.4) is 0 Å². The van der Waals surface area contributed by atoms with Crippen LogP contribution >= 0.6 is 0 Å². The molecule has 1 aromatic heterocycles. The van der Waals surface area contributed by atoms with Crippen LogP contribution in [0.2, 0.25) is 0 Å². The molecule has 0 bridgehead atoms. The summed E-state index contributed by atoms with van der Waals surface area (Å²) >= 11 is 0. The standard InChI is InChI=1S/C17H19FN2O/c1-12(15-9-16(18)11-19-10-15)20-6-4-13-2-3-17-14(8-13)5-7-21-17/h2-3,8-12,20H,4-7H2,1H3. The Hall–Kier alpha value is -1.94. The van der Waals surface area contributed by atoms with Gasteiger partial charge in [-0.3, -0.25) is 4.98 Å². The Morgan fingerprint density at radius 1 is 1.33 bits per heavy atom. The minimum Gasteiger partial charge on any atom is -0.493 e. The van der Waals surface area contributed by atoms with Crippen molar-refractivity contribution in [2.24, 2.45) is 0 Å². The lowest BCUT2D eigenvalue weighted by Gasteiger charge is -2.14. The number of nitrogens with zero attached hydrogens (tertiary/aromatic N) is 1. The first kappa shape index (κ1) is 14.0. The molecule has 0 spiro atoms. The van der Waals surface area contributed by atoms with Crippen LogP contribution in [0, 0.1) is 5.82 Å². The second-order valence-electron chi connectivity index (χ2n) is 5.40. The van der Waals surface area contributed by atoms with Crippen LogP contribution in [-0.4, -0.2) is 18.1 Å². The lowest BCUT2D eigenvalue weighted by atomic mass is 10.1. The normalized spacial score (nSPS) is 14.6. The Kier molecular flexibility index (Phi) is 4.15. The maximum atomic E-state index is 13.1. The zero-order valence-corrected chi connectivity index (χ0v) is 12.1. The third kappa shape index (κ3) is 3.39. The van der Waals surface area contributed by atoms with E-state index in [1.54, 1.807) is 6.20 Å². The zero-order valence-electron chi connectivity index (χ0n) is 12.1. The lowest BCUT2D eigenvalue weighted by Crippen LogP contribution is -2.21. The molecule has 2 aromatic rings. The van der Waals surface area contributed by atoms with E-state index < -0.39 is 0 Å². The van der Waals surface area contributed by atoms with Gasteiger partial charge in [0.2, 0.25) is 0 Å². The van der Waals surface area contributed by atoms with Gasteiger partial charge in [-0.2, -0.15) is 0 Å². The van der Waals surface area contributed by atoms with Crippen LogP contribution in [0.15, 0.2) is 36.7 Å². The number of rotatable bonds is 5. The zero-order chi connectivity index (χ0) is 14.7. The summed E-state index contributed by atoms with van der Waals surface area (Å²) in [5.74, 6) is 0.727. The Morgan fingerprint density at radius 3 is 3.10 bits per heavy atom. The predicted octanol–water partition coefficient (Wildman–Crippen LogP) is 3.05. The highest BCUT2D eigenvalue weighted by Gasteiger charge is 2.12. The summed E-state index contributed by atoms with van der Waals surface area (Å²) in [6.45, 7) is 3.66. The van der Waals surface area contributed by atoms with Gasteiger partial charge in [0.05, 0.1) is 12.8 Å². The number of benzene rings is 1. The summed E-state index contributed by atoms with van der Waals surface area (Å²) in [6.07, 6.45) is 4.87. The van der Waals surface area contributed by atoms with Crippen molar-refractivity contribution in [2.45, 2.75) is 25.8 Å². The molecule has 21 heavy (non-hydrogen) atoms. The number of aromatic nitrogens is 1. The molecule has 110 valence electrons. The summed E-state index contributed by atoms with van der Waals surface area (Å²) in [6, 6.07) is 8.00. The Morgan fingerprint density at radius 2 is 2.24 bits per heavy atom. The monoisotopic (exact) mass is 286 g/mol. The third-order valence-electron chi connectivity index (χ3n) is 3.84. The Bertz CT molecular complexity index is 630. The van der Waals surface area contributed by atoms with Crippen molar-refractivity contribution < 1.29 is 9.13 Å². The van der Waals surface area contributed by atoms with Crippen molar-refractivity contribution in [3.05, 3.63) is 59.2 Å². The van der Waals surface area contributed by atoms with E-state index in [1.165, 1.54) is 23.4 Å². The van der Waals surface area contributed by atoms with Gasteiger partial charge in [-0.15, -0.1) is 0 Å². The highest BCUT2D eigenvalue weighted by atomic mass is 19.1. The number of pyridine rings is 1. The second kappa shape index (κ2) is 6.22. The second-order valence-corrected chi connectivity index (χ2v) is 5.40. The molecule has 1 aliphatic rings. The number of ether oxygens (including phenoxy) is 1. The molecule has 2 heterocycles. The minimum absolute atomic E-state index is 0.0889. The molecule has 0 fully saturated rings. The number of nitrogens with one attached hydrogen (secondary N) is 1. The quantitative estimate of drug-likeness (QED) is 0.917. The van der Waals surface area contributed by atoms with Gasteiger partial charge in [0.25, 0.3) is 0 Å². The Labute approximate surface area is 124 Å². The summed E-state index contributed by atoms with van der Waals surface area (Å²) in [7, 11) is 0. The summed E-state index contributed by atoms with van der Waals surface area (Å²) < 4.78 is 18.6. The lowest BCUT2D eigenvalue weighted by molar-refractivity contribution is 0.357. The predicted molar refractivity (Wildman–Crippen MR) is 80.0 cm³/mol. The largest absolute Gasteiger partial charge is 0.493 e. The van der Waals surface area contributed by atoms with E-state index >= 15 is 0 Å². The molecule has 1 aromatic carbocycles. The van der Waals surface area contributed by atoms with Crippen molar-refractivity contribution in [3.63, 3.8) is 0 Å². The van der Waals surface area contributed by atoms with Crippen LogP contribution in [0.4, 0.5) is 4.39 Å². The van der Waals surface area contributed by atoms with Crippen molar-refractivity contribution in [1.29, 1.82) is 0 Å². The van der Waals surface area contributed by atoms with Crippen LogP contribution in [-0.2, 0) is 12.8 Å². The summed E-state index contributed by atoms with van der Waals surface area (Å²) in [5, 5.41) is 3.40. The molecule has 1 unspecified atom stereocenters. The average Bonchev–Trinajstić information content (AvgIpc) is 2.94. The molecule has 0 radical (unpaired) electrons. The van der Waals surface area contributed by atoms with Crippen LogP contribution < -0.4 is 10.1 Å². The van der Waals surface area contributed by atoms with Gasteiger partial charge in [-0.25, -0.2) is 4.39 Å². The molecular formula is C17H19FN2O. The SMILES string of the molecule is CC(NCCc1ccc2c(c1)CCO2)c1cncc(F)c1. The van der Waals surface area contributed by atoms with Gasteiger partial charge in [-0.1, -0.05) is 12.1 Å². The fraction of sp³-hybridized carbons (Fsp3) is 0.353. The number of fused-ring (bicyclic) bond motifs is 1. The van der Waals surface area contributed by atoms with Crippen LogP contribution in [0.1, 0.15) is 29.7 Å². The maximum Gasteiger partial charge on any atom is 0.141 e. The highest BCUT2D eigenvalue weighted by Crippen LogP contribution is 2.26. The molecule has 0 saturated carbocycles. The molecule has 0 amide bonds. The van der Waals surface area contributed by atoms with Gasteiger partial charge < -0.3 is 10.1 Å². The van der Waals surface area contributed by atoms with Gasteiger partial charge in [0, 0.05) is 18.7 Å². The first-order valence-corrected chi connectivity index (χ1v) is 7.31. The molecular weight excluding hydrogens is 267 g/mol. The smallest absolute Gasteiger partial charge is 0.141 e. The van der Waals surface area contributed by atoms with Gasteiger partial charge in [0.1, 0.15) is 11.6 Å². The molecule has 1 N–H and O–H groups in total. The van der Waals surface area contributed by atoms with Crippen LogP contribution in [0.5, 0.6) is 5.75 Å². The molecule has 0 aliphatic carbocycles. The van der Waals surface area contributed by atoms with Crippen molar-refractivity contribution in [2.75, 3.05) is 13.2 Å². The highest BCUT2D eigenvalue weighted by molar-refractivity contribution is 5.39. The fourth-order valence-corrected chi connectivity index (χ4v) is 2.61. The van der Waals surface area contributed by atoms with E-state index in [4.69, 9.17) is 4.74 Å². The van der Waals surface area contributed by atoms with Gasteiger partial charge in [0.15, 0.2) is 0 Å². The number of hydrogen-bond donors (Lipinski definition) is 1. The van der Waals surface area contributed by atoms with Gasteiger partial charge in [-0.05, 0) is 48.7 Å². The molecule has 3 nitrogen and oxygen atoms in total. The van der Waals surface area contributed by atoms with Gasteiger partial charge >= 0.3 is 0 Å². The minimum atomic E-state index is -0.292. The van der Waals surface area contributed by atoms with Crippen molar-refractivity contribution in [1.82, 2.24) is 10.3 Å². The topological polar surface area (TPSA) is 34.1 Å². The van der Waals surface area contributed by atoms with E-state index in [0.717, 1.165) is 37.3 Å². The number of halogens is 1. The Balaban J connectivity index is 1.54. The van der Waals surface area contributed by atoms with Crippen LogP contribution in [0.25, 0.3) is 0 Å². The van der Waals surface area contributed by atoms with Crippen molar-refractivity contribution in [3.8, 4) is 5.75 Å². The first-order valence-electron chi connectivity index (χ1n) is 7.31. The first-order chi connectivity index (χ1) is 10.2. The molecule has 0 saturated heterocycles. The molecule has 3 rings (SSSR count). The molecule has 4 heteroatoms. The average molecular weight is 286 g/mol. The molecule has 1 aliphatic heterocycles. The summed E-state index contributed by atoms with van der Waals surface area (Å²) in [4.78, 5) is 3.88. The third-order valence-corrected chi connectivity index (χ3v) is 3.84. The maximum absolute atomic E-state index is 13.1. The van der Waals surface area contributed by atoms with E-state index in [9.17, 15) is 4.39 Å².